The van der Waals surface area contributed by atoms with Crippen LogP contribution in [0.15, 0.2) is 54.6 Å². The summed E-state index contributed by atoms with van der Waals surface area (Å²) in [7, 11) is 0. The van der Waals surface area contributed by atoms with Crippen LogP contribution in [0.2, 0.25) is 0 Å². The zero-order valence-electron chi connectivity index (χ0n) is 10.6. The van der Waals surface area contributed by atoms with E-state index in [1.807, 2.05) is 30.3 Å². The Morgan fingerprint density at radius 1 is 0.875 bits per heavy atom. The van der Waals surface area contributed by atoms with Gasteiger partial charge in [0.05, 0.1) is 0 Å². The Balaban J connectivity index is 2.37. The maximum absolute atomic E-state index is 6.83. The minimum atomic E-state index is -0.0399. The molecule has 0 atom stereocenters. The predicted octanol–water partition coefficient (Wildman–Crippen LogP) is 3.72. The van der Waals surface area contributed by atoms with Crippen molar-refractivity contribution in [3.63, 3.8) is 0 Å². The van der Waals surface area contributed by atoms with Crippen molar-refractivity contribution >= 4 is 0 Å². The number of phenols is 1. The lowest BCUT2D eigenvalue weighted by molar-refractivity contribution is 0.474. The highest BCUT2D eigenvalue weighted by atomic mass is 16.3. The molecule has 2 aromatic rings. The highest BCUT2D eigenvalue weighted by Gasteiger charge is 2.22. The predicted molar refractivity (Wildman–Crippen MR) is 66.7 cm³/mol. The summed E-state index contributed by atoms with van der Waals surface area (Å²) in [6, 6.07) is 18.1. The molecule has 0 aliphatic carbocycles. The van der Waals surface area contributed by atoms with E-state index in [1.54, 1.807) is 0 Å². The van der Waals surface area contributed by atoms with Gasteiger partial charge >= 0.3 is 0 Å². The van der Waals surface area contributed by atoms with Crippen molar-refractivity contribution < 1.29 is 5.11 Å². The zero-order chi connectivity index (χ0) is 12.3. The maximum atomic E-state index is 6.83. The summed E-state index contributed by atoms with van der Waals surface area (Å²) in [4.78, 5) is 0. The van der Waals surface area contributed by atoms with Gasteiger partial charge in [0.25, 0.3) is 1.43 Å². The topological polar surface area (TPSA) is 20.2 Å². The normalized spacial score (nSPS) is 12.0. The Labute approximate surface area is 97.9 Å². The van der Waals surface area contributed by atoms with E-state index in [0.717, 1.165) is 0 Å². The lowest BCUT2D eigenvalue weighted by atomic mass is 9.78. The first-order valence-corrected chi connectivity index (χ1v) is 5.44. The summed E-state index contributed by atoms with van der Waals surface area (Å²) >= 11 is 0. The van der Waals surface area contributed by atoms with Crippen molar-refractivity contribution in [2.45, 2.75) is 19.3 Å². The molecule has 16 heavy (non-hydrogen) atoms. The van der Waals surface area contributed by atoms with Crippen molar-refractivity contribution in [3.8, 4) is 5.75 Å². The van der Waals surface area contributed by atoms with Crippen LogP contribution in [-0.2, 0) is 5.41 Å². The van der Waals surface area contributed by atoms with Crippen molar-refractivity contribution in [1.29, 1.82) is 1.43 Å². The smallest absolute Gasteiger partial charge is 0.293 e. The van der Waals surface area contributed by atoms with E-state index in [2.05, 4.69) is 43.2 Å². The highest BCUT2D eigenvalue weighted by molar-refractivity contribution is 5.39. The van der Waals surface area contributed by atoms with Gasteiger partial charge in [-0.25, -0.2) is 0 Å². The second kappa shape index (κ2) is 4.01. The molecular formula is C15H16O. The van der Waals surface area contributed by atoms with Crippen LogP contribution in [0.3, 0.4) is 0 Å². The fourth-order valence-corrected chi connectivity index (χ4v) is 1.89. The molecule has 2 rings (SSSR count). The molecule has 0 saturated heterocycles. The summed E-state index contributed by atoms with van der Waals surface area (Å²) in [6.07, 6.45) is 0. The fraction of sp³-hybridized carbons (Fsp3) is 0.200. The van der Waals surface area contributed by atoms with E-state index >= 15 is 0 Å². The average Bonchev–Trinajstić information content (AvgIpc) is 2.40. The second-order valence-corrected chi connectivity index (χ2v) is 4.52. The molecule has 0 unspecified atom stereocenters. The maximum Gasteiger partial charge on any atom is 0.293 e. The number of aromatic hydroxyl groups is 1. The van der Waals surface area contributed by atoms with Gasteiger partial charge in [-0.05, 0) is 23.3 Å². The largest absolute Gasteiger partial charge is 0.508 e. The van der Waals surface area contributed by atoms with E-state index in [1.165, 1.54) is 11.1 Å². The third-order valence-electron chi connectivity index (χ3n) is 3.07. The highest BCUT2D eigenvalue weighted by Crippen LogP contribution is 2.31. The number of benzene rings is 2. The van der Waals surface area contributed by atoms with Crippen LogP contribution in [0.4, 0.5) is 0 Å². The first kappa shape index (κ1) is 9.46. The molecule has 1 N–H and O–H groups in total. The Kier molecular flexibility index (Phi) is 2.37. The van der Waals surface area contributed by atoms with Gasteiger partial charge < -0.3 is 5.11 Å². The van der Waals surface area contributed by atoms with E-state index in [4.69, 9.17) is 1.43 Å². The molecule has 0 amide bonds. The van der Waals surface area contributed by atoms with Gasteiger partial charge in [-0.2, -0.15) is 0 Å². The van der Waals surface area contributed by atoms with Gasteiger partial charge in [0.1, 0.15) is 5.75 Å². The van der Waals surface area contributed by atoms with Crippen molar-refractivity contribution in [3.05, 3.63) is 65.7 Å². The molecule has 2 aromatic carbocycles. The summed E-state index contributed by atoms with van der Waals surface area (Å²) in [6.45, 7) is 4.39. The van der Waals surface area contributed by atoms with Crippen LogP contribution in [0.5, 0.6) is 5.75 Å². The van der Waals surface area contributed by atoms with E-state index in [9.17, 15) is 0 Å². The third-order valence-corrected chi connectivity index (χ3v) is 3.07. The standard InChI is InChI=1S/C15H16O/c1-15(2,12-6-4-3-5-7-12)13-8-10-14(16)11-9-13/h3-11,16H,1-2H3/i/hD. The Bertz CT molecular complexity index is 474. The van der Waals surface area contributed by atoms with E-state index in [-0.39, 0.29) is 5.41 Å². The number of hydrogen-bond acceptors (Lipinski definition) is 1. The summed E-state index contributed by atoms with van der Waals surface area (Å²) in [5.74, 6) is 0.567. The number of phenolic OH excluding ortho intramolecular Hbond substituents is 1. The van der Waals surface area contributed by atoms with E-state index in [0.29, 0.717) is 5.75 Å². The van der Waals surface area contributed by atoms with Crippen molar-refractivity contribution in [2.24, 2.45) is 0 Å². The first-order valence-electron chi connectivity index (χ1n) is 5.84. The van der Waals surface area contributed by atoms with Crippen LogP contribution in [0.25, 0.3) is 0 Å². The van der Waals surface area contributed by atoms with Crippen LogP contribution >= 0.6 is 0 Å². The summed E-state index contributed by atoms with van der Waals surface area (Å²) in [5, 5.41) is 4.44. The minimum Gasteiger partial charge on any atom is -0.508 e. The summed E-state index contributed by atoms with van der Waals surface area (Å²) in [5.41, 5.74) is 2.45. The minimum absolute atomic E-state index is 0.0399. The number of hydrogen-bond donors (Lipinski definition) is 1. The molecule has 0 spiro atoms. The lowest BCUT2D eigenvalue weighted by Gasteiger charge is -2.26. The van der Waals surface area contributed by atoms with E-state index < -0.39 is 0 Å². The third kappa shape index (κ3) is 1.94. The molecule has 0 aliphatic heterocycles. The fourth-order valence-electron chi connectivity index (χ4n) is 1.89. The lowest BCUT2D eigenvalue weighted by Crippen LogP contribution is -2.18. The van der Waals surface area contributed by atoms with Gasteiger partial charge in [-0.3, -0.25) is 0 Å². The van der Waals surface area contributed by atoms with Gasteiger partial charge in [0.15, 0.2) is 0 Å². The molecule has 0 aliphatic rings. The van der Waals surface area contributed by atoms with Crippen LogP contribution in [-0.4, -0.2) is 6.54 Å². The molecule has 0 aromatic heterocycles. The molecule has 1 heteroatoms. The SMILES string of the molecule is [2H]Oc1ccc(C(C)(C)c2ccccc2)cc1. The molecule has 82 valence electrons. The summed E-state index contributed by atoms with van der Waals surface area (Å²) < 4.78 is 6.83. The Morgan fingerprint density at radius 2 is 1.44 bits per heavy atom. The Morgan fingerprint density at radius 3 is 2.00 bits per heavy atom. The molecular weight excluding hydrogens is 196 g/mol. The van der Waals surface area contributed by atoms with Gasteiger partial charge in [-0.15, -0.1) is 0 Å². The van der Waals surface area contributed by atoms with Gasteiger partial charge in [0.2, 0.25) is 0 Å². The van der Waals surface area contributed by atoms with Crippen molar-refractivity contribution in [1.82, 2.24) is 0 Å². The van der Waals surface area contributed by atoms with Gasteiger partial charge in [0, 0.05) is 5.41 Å². The molecule has 1 nitrogen and oxygen atoms in total. The first-order chi connectivity index (χ1) is 8.14. The van der Waals surface area contributed by atoms with Crippen LogP contribution in [0, 0.1) is 0 Å². The quantitative estimate of drug-likeness (QED) is 0.824. The average molecular weight is 213 g/mol. The zero-order valence-corrected chi connectivity index (χ0v) is 9.60. The Hall–Kier alpha value is -1.76. The molecule has 0 heterocycles. The second-order valence-electron chi connectivity index (χ2n) is 4.52. The van der Waals surface area contributed by atoms with Crippen LogP contribution < -0.4 is 0 Å². The monoisotopic (exact) mass is 213 g/mol. The molecule has 0 bridgehead atoms. The van der Waals surface area contributed by atoms with Gasteiger partial charge in [-0.1, -0.05) is 56.3 Å². The van der Waals surface area contributed by atoms with Crippen molar-refractivity contribution in [2.75, 3.05) is 0 Å². The molecule has 0 radical (unpaired) electrons. The number of rotatable bonds is 3. The van der Waals surface area contributed by atoms with Crippen LogP contribution in [0.1, 0.15) is 25.0 Å². The molecule has 0 saturated carbocycles. The molecule has 0 fully saturated rings.